The summed E-state index contributed by atoms with van der Waals surface area (Å²) >= 11 is 3.56. The van der Waals surface area contributed by atoms with Gasteiger partial charge in [-0.3, -0.25) is 0 Å². The third kappa shape index (κ3) is 3.87. The lowest BCUT2D eigenvalue weighted by molar-refractivity contribution is 0.277. The first kappa shape index (κ1) is 15.8. The molecule has 0 radical (unpaired) electrons. The van der Waals surface area contributed by atoms with Gasteiger partial charge < -0.3 is 10.5 Å². The van der Waals surface area contributed by atoms with Crippen LogP contribution in [0.15, 0.2) is 22.7 Å². The maximum atomic E-state index is 6.00. The average Bonchev–Trinajstić information content (AvgIpc) is 2.94. The molecule has 4 heteroatoms. The summed E-state index contributed by atoms with van der Waals surface area (Å²) in [6.45, 7) is 7.22. The van der Waals surface area contributed by atoms with Crippen LogP contribution in [0.3, 0.4) is 0 Å². The number of hydrogen-bond donors (Lipinski definition) is 1. The maximum absolute atomic E-state index is 6.00. The molecule has 1 aromatic rings. The minimum Gasteiger partial charge on any atom is -0.490 e. The van der Waals surface area contributed by atoms with E-state index >= 15 is 0 Å². The molecule has 1 saturated carbocycles. The minimum atomic E-state index is -0.0673. The lowest BCUT2D eigenvalue weighted by Gasteiger charge is -2.20. The van der Waals surface area contributed by atoms with Crippen molar-refractivity contribution in [2.45, 2.75) is 44.6 Å². The van der Waals surface area contributed by atoms with Crippen molar-refractivity contribution in [2.24, 2.45) is 5.73 Å². The highest BCUT2D eigenvalue weighted by molar-refractivity contribution is 9.10. The summed E-state index contributed by atoms with van der Waals surface area (Å²) in [5.74, 6) is 0.884. The summed E-state index contributed by atoms with van der Waals surface area (Å²) in [5, 5.41) is 0. The molecule has 2 rings (SSSR count). The summed E-state index contributed by atoms with van der Waals surface area (Å²) < 4.78 is 6.77. The summed E-state index contributed by atoms with van der Waals surface area (Å²) in [5.41, 5.74) is 7.39. The second-order valence-electron chi connectivity index (χ2n) is 6.05. The van der Waals surface area contributed by atoms with Gasteiger partial charge in [-0.2, -0.15) is 0 Å². The molecule has 0 bridgehead atoms. The fourth-order valence-corrected chi connectivity index (χ4v) is 2.10. The fraction of sp³-hybridized carbons (Fsp3) is 0.571. The monoisotopic (exact) mass is 333 g/mol. The smallest absolute Gasteiger partial charge is 0.133 e. The molecule has 0 spiro atoms. The van der Waals surface area contributed by atoms with E-state index in [2.05, 4.69) is 48.8 Å². The highest BCUT2D eigenvalue weighted by atomic mass is 79.9. The predicted molar refractivity (Wildman–Crippen MR) is 81.7 cm³/mol. The van der Waals surface area contributed by atoms with Gasteiger partial charge in [0.1, 0.15) is 12.4 Å². The molecule has 0 aliphatic heterocycles. The van der Waals surface area contributed by atoms with E-state index in [0.717, 1.165) is 23.1 Å². The van der Waals surface area contributed by atoms with E-state index in [1.807, 2.05) is 6.07 Å². The van der Waals surface area contributed by atoms with E-state index in [9.17, 15) is 0 Å². The number of rotatable bonds is 3. The topological polar surface area (TPSA) is 35.2 Å². The van der Waals surface area contributed by atoms with E-state index in [1.54, 1.807) is 0 Å². The highest BCUT2D eigenvalue weighted by Gasteiger charge is 2.39. The molecule has 2 N–H and O–H groups in total. The maximum Gasteiger partial charge on any atom is 0.133 e. The van der Waals surface area contributed by atoms with Crippen molar-refractivity contribution in [3.8, 4) is 5.75 Å². The summed E-state index contributed by atoms with van der Waals surface area (Å²) in [6.07, 6.45) is 2.15. The Morgan fingerprint density at radius 2 is 1.94 bits per heavy atom. The zero-order chi connectivity index (χ0) is 12.7. The molecule has 1 fully saturated rings. The number of ether oxygens (including phenoxy) is 1. The second-order valence-corrected chi connectivity index (χ2v) is 6.90. The second kappa shape index (κ2) is 5.40. The molecule has 0 aromatic heterocycles. The van der Waals surface area contributed by atoms with Crippen molar-refractivity contribution in [1.82, 2.24) is 0 Å². The van der Waals surface area contributed by atoms with Crippen molar-refractivity contribution in [3.63, 3.8) is 0 Å². The lowest BCUT2D eigenvalue weighted by Crippen LogP contribution is -2.29. The normalized spacial score (nSPS) is 16.9. The molecular formula is C14H21BrClNO. The molecule has 18 heavy (non-hydrogen) atoms. The highest BCUT2D eigenvalue weighted by Crippen LogP contribution is 2.35. The Labute approximate surface area is 124 Å². The van der Waals surface area contributed by atoms with Crippen molar-refractivity contribution >= 4 is 28.3 Å². The van der Waals surface area contributed by atoms with Gasteiger partial charge in [-0.25, -0.2) is 0 Å². The van der Waals surface area contributed by atoms with Crippen LogP contribution in [0, 0.1) is 0 Å². The van der Waals surface area contributed by atoms with Gasteiger partial charge in [0.25, 0.3) is 0 Å². The minimum absolute atomic E-state index is 0. The fourth-order valence-electron chi connectivity index (χ4n) is 1.61. The Kier molecular flexibility index (Phi) is 4.74. The van der Waals surface area contributed by atoms with Crippen LogP contribution in [0.1, 0.15) is 39.2 Å². The first-order valence-electron chi connectivity index (χ1n) is 6.02. The van der Waals surface area contributed by atoms with Crippen molar-refractivity contribution in [3.05, 3.63) is 28.2 Å². The van der Waals surface area contributed by atoms with Crippen LogP contribution in [0.2, 0.25) is 0 Å². The third-order valence-corrected chi connectivity index (χ3v) is 3.82. The van der Waals surface area contributed by atoms with E-state index in [0.29, 0.717) is 6.61 Å². The van der Waals surface area contributed by atoms with Gasteiger partial charge in [-0.05, 0) is 51.9 Å². The number of nitrogens with two attached hydrogens (primary N) is 1. The summed E-state index contributed by atoms with van der Waals surface area (Å²) in [7, 11) is 0. The molecule has 1 aromatic carbocycles. The molecule has 1 aliphatic rings. The lowest BCUT2D eigenvalue weighted by atomic mass is 9.87. The van der Waals surface area contributed by atoms with Gasteiger partial charge in [0, 0.05) is 0 Å². The van der Waals surface area contributed by atoms with Crippen LogP contribution in [-0.2, 0) is 5.41 Å². The molecule has 0 saturated heterocycles. The molecular weight excluding hydrogens is 314 g/mol. The van der Waals surface area contributed by atoms with Crippen molar-refractivity contribution in [2.75, 3.05) is 6.61 Å². The van der Waals surface area contributed by atoms with Crippen LogP contribution >= 0.6 is 28.3 Å². The SMILES string of the molecule is CC(C)(C)c1ccc(OCC2(N)CC2)c(Br)c1.Cl. The van der Waals surface area contributed by atoms with E-state index in [-0.39, 0.29) is 23.4 Å². The van der Waals surface area contributed by atoms with Crippen molar-refractivity contribution in [1.29, 1.82) is 0 Å². The van der Waals surface area contributed by atoms with Crippen LogP contribution < -0.4 is 10.5 Å². The van der Waals surface area contributed by atoms with Crippen LogP contribution in [-0.4, -0.2) is 12.1 Å². The molecule has 0 heterocycles. The van der Waals surface area contributed by atoms with E-state index < -0.39 is 0 Å². The quantitative estimate of drug-likeness (QED) is 0.905. The first-order valence-corrected chi connectivity index (χ1v) is 6.81. The predicted octanol–water partition coefficient (Wildman–Crippen LogP) is 4.04. The molecule has 0 amide bonds. The molecule has 2 nitrogen and oxygen atoms in total. The van der Waals surface area contributed by atoms with Crippen LogP contribution in [0.25, 0.3) is 0 Å². The average molecular weight is 335 g/mol. The first-order chi connectivity index (χ1) is 7.80. The Morgan fingerprint density at radius 1 is 1.33 bits per heavy atom. The molecule has 1 aliphatic carbocycles. The van der Waals surface area contributed by atoms with E-state index in [4.69, 9.17) is 10.5 Å². The third-order valence-electron chi connectivity index (χ3n) is 3.21. The molecule has 102 valence electrons. The van der Waals surface area contributed by atoms with Gasteiger partial charge in [0.05, 0.1) is 10.0 Å². The standard InChI is InChI=1S/C14H20BrNO.ClH/c1-13(2,3)10-4-5-12(11(15)8-10)17-9-14(16)6-7-14;/h4-5,8H,6-7,9,16H2,1-3H3;1H. The van der Waals surface area contributed by atoms with Gasteiger partial charge in [-0.15, -0.1) is 12.4 Å². The number of hydrogen-bond acceptors (Lipinski definition) is 2. The molecule has 0 unspecified atom stereocenters. The number of benzene rings is 1. The Hall–Kier alpha value is -0.250. The number of halogens is 2. The Morgan fingerprint density at radius 3 is 2.39 bits per heavy atom. The van der Waals surface area contributed by atoms with Crippen molar-refractivity contribution < 1.29 is 4.74 Å². The van der Waals surface area contributed by atoms with Crippen LogP contribution in [0.5, 0.6) is 5.75 Å². The largest absolute Gasteiger partial charge is 0.490 e. The van der Waals surface area contributed by atoms with Crippen LogP contribution in [0.4, 0.5) is 0 Å². The zero-order valence-electron chi connectivity index (χ0n) is 11.1. The Balaban J connectivity index is 0.00000162. The molecule has 0 atom stereocenters. The van der Waals surface area contributed by atoms with E-state index in [1.165, 1.54) is 5.56 Å². The van der Waals surface area contributed by atoms with Gasteiger partial charge in [0.15, 0.2) is 0 Å². The summed E-state index contributed by atoms with van der Waals surface area (Å²) in [6, 6.07) is 6.28. The summed E-state index contributed by atoms with van der Waals surface area (Å²) in [4.78, 5) is 0. The van der Waals surface area contributed by atoms with Gasteiger partial charge >= 0.3 is 0 Å². The van der Waals surface area contributed by atoms with Gasteiger partial charge in [0.2, 0.25) is 0 Å². The van der Waals surface area contributed by atoms with Gasteiger partial charge in [-0.1, -0.05) is 26.8 Å². The Bertz CT molecular complexity index is 424. The zero-order valence-corrected chi connectivity index (χ0v) is 13.5.